The molecule has 1 amide bonds. The number of halogens is 2. The molecular formula is C21H18F2N4O. The minimum atomic E-state index is -0.837. The van der Waals surface area contributed by atoms with Crippen LogP contribution in [0.1, 0.15) is 10.4 Å². The second kappa shape index (κ2) is 7.72. The van der Waals surface area contributed by atoms with E-state index in [0.29, 0.717) is 26.2 Å². The summed E-state index contributed by atoms with van der Waals surface area (Å²) < 4.78 is 27.0. The van der Waals surface area contributed by atoms with E-state index in [1.54, 1.807) is 4.90 Å². The molecule has 0 saturated carbocycles. The molecule has 0 radical (unpaired) electrons. The standard InChI is InChI=1S/C21H18F2N4O/c22-16-6-7-17(18(23)12-16)21(28)27-10-8-26(9-11-27)20-13-19(24-14-25-20)15-4-2-1-3-5-15/h1-7,12-14H,8-11H2. The van der Waals surface area contributed by atoms with Gasteiger partial charge >= 0.3 is 0 Å². The van der Waals surface area contributed by atoms with E-state index in [1.807, 2.05) is 36.4 Å². The number of benzene rings is 2. The molecule has 1 saturated heterocycles. The number of nitrogens with zero attached hydrogens (tertiary/aromatic N) is 4. The van der Waals surface area contributed by atoms with Crippen molar-refractivity contribution in [3.8, 4) is 11.3 Å². The van der Waals surface area contributed by atoms with Crippen LogP contribution in [0.2, 0.25) is 0 Å². The van der Waals surface area contributed by atoms with E-state index in [2.05, 4.69) is 14.9 Å². The topological polar surface area (TPSA) is 49.3 Å². The lowest BCUT2D eigenvalue weighted by molar-refractivity contribution is 0.0741. The number of anilines is 1. The lowest BCUT2D eigenvalue weighted by atomic mass is 10.1. The third-order valence-corrected chi connectivity index (χ3v) is 4.77. The van der Waals surface area contributed by atoms with Gasteiger partial charge in [-0.05, 0) is 12.1 Å². The van der Waals surface area contributed by atoms with Gasteiger partial charge in [0, 0.05) is 43.9 Å². The van der Waals surface area contributed by atoms with Gasteiger partial charge < -0.3 is 9.80 Å². The van der Waals surface area contributed by atoms with E-state index < -0.39 is 17.5 Å². The van der Waals surface area contributed by atoms with Crippen LogP contribution in [-0.2, 0) is 0 Å². The van der Waals surface area contributed by atoms with Gasteiger partial charge in [-0.2, -0.15) is 0 Å². The molecular weight excluding hydrogens is 362 g/mol. The van der Waals surface area contributed by atoms with E-state index in [0.717, 1.165) is 29.2 Å². The van der Waals surface area contributed by atoms with Gasteiger partial charge in [-0.1, -0.05) is 30.3 Å². The number of hydrogen-bond acceptors (Lipinski definition) is 4. The zero-order valence-electron chi connectivity index (χ0n) is 15.1. The molecule has 0 N–H and O–H groups in total. The second-order valence-electron chi connectivity index (χ2n) is 6.53. The third-order valence-electron chi connectivity index (χ3n) is 4.77. The van der Waals surface area contributed by atoms with Crippen LogP contribution in [0.15, 0.2) is 60.9 Å². The predicted molar refractivity (Wildman–Crippen MR) is 102 cm³/mol. The van der Waals surface area contributed by atoms with Crippen LogP contribution in [0.5, 0.6) is 0 Å². The summed E-state index contributed by atoms with van der Waals surface area (Å²) in [6.07, 6.45) is 1.53. The average Bonchev–Trinajstić information content (AvgIpc) is 2.74. The van der Waals surface area contributed by atoms with Crippen molar-refractivity contribution < 1.29 is 13.6 Å². The van der Waals surface area contributed by atoms with Crippen LogP contribution >= 0.6 is 0 Å². The van der Waals surface area contributed by atoms with Gasteiger partial charge in [-0.3, -0.25) is 4.79 Å². The lowest BCUT2D eigenvalue weighted by Gasteiger charge is -2.35. The van der Waals surface area contributed by atoms with E-state index >= 15 is 0 Å². The molecule has 0 aliphatic carbocycles. The summed E-state index contributed by atoms with van der Waals surface area (Å²) >= 11 is 0. The van der Waals surface area contributed by atoms with Gasteiger partial charge in [-0.15, -0.1) is 0 Å². The Morgan fingerprint density at radius 1 is 0.893 bits per heavy atom. The summed E-state index contributed by atoms with van der Waals surface area (Å²) in [7, 11) is 0. The Kier molecular flexibility index (Phi) is 4.97. The number of hydrogen-bond donors (Lipinski definition) is 0. The molecule has 1 aliphatic heterocycles. The minimum Gasteiger partial charge on any atom is -0.353 e. The van der Waals surface area contributed by atoms with Crippen molar-refractivity contribution in [3.63, 3.8) is 0 Å². The normalized spacial score (nSPS) is 14.2. The molecule has 142 valence electrons. The summed E-state index contributed by atoms with van der Waals surface area (Å²) in [5.41, 5.74) is 1.73. The summed E-state index contributed by atoms with van der Waals surface area (Å²) in [6, 6.07) is 14.8. The maximum absolute atomic E-state index is 13.9. The monoisotopic (exact) mass is 380 g/mol. The summed E-state index contributed by atoms with van der Waals surface area (Å²) in [5, 5.41) is 0. The van der Waals surface area contributed by atoms with Crippen molar-refractivity contribution in [2.24, 2.45) is 0 Å². The van der Waals surface area contributed by atoms with Gasteiger partial charge in [0.1, 0.15) is 23.8 Å². The van der Waals surface area contributed by atoms with Crippen molar-refractivity contribution >= 4 is 11.7 Å². The highest BCUT2D eigenvalue weighted by Crippen LogP contribution is 2.22. The fraction of sp³-hybridized carbons (Fsp3) is 0.190. The Bertz CT molecular complexity index is 989. The van der Waals surface area contributed by atoms with Crippen LogP contribution in [-0.4, -0.2) is 47.0 Å². The highest BCUT2D eigenvalue weighted by Gasteiger charge is 2.25. The van der Waals surface area contributed by atoms with Crippen LogP contribution < -0.4 is 4.90 Å². The molecule has 0 spiro atoms. The molecule has 0 atom stereocenters. The van der Waals surface area contributed by atoms with Crippen molar-refractivity contribution in [1.82, 2.24) is 14.9 Å². The number of rotatable bonds is 3. The highest BCUT2D eigenvalue weighted by atomic mass is 19.1. The third kappa shape index (κ3) is 3.69. The number of amides is 1. The molecule has 1 aromatic heterocycles. The van der Waals surface area contributed by atoms with Crippen molar-refractivity contribution in [3.05, 3.63) is 78.1 Å². The zero-order chi connectivity index (χ0) is 19.5. The Labute approximate surface area is 161 Å². The predicted octanol–water partition coefficient (Wildman–Crippen LogP) is 3.38. The van der Waals surface area contributed by atoms with E-state index in [4.69, 9.17) is 0 Å². The van der Waals surface area contributed by atoms with E-state index in [9.17, 15) is 13.6 Å². The highest BCUT2D eigenvalue weighted by molar-refractivity contribution is 5.94. The zero-order valence-corrected chi connectivity index (χ0v) is 15.1. The first-order chi connectivity index (χ1) is 13.6. The van der Waals surface area contributed by atoms with Crippen LogP contribution in [0.4, 0.5) is 14.6 Å². The molecule has 2 aromatic carbocycles. The van der Waals surface area contributed by atoms with Gasteiger partial charge in [-0.25, -0.2) is 18.7 Å². The Hall–Kier alpha value is -3.35. The Morgan fingerprint density at radius 2 is 1.64 bits per heavy atom. The van der Waals surface area contributed by atoms with Crippen LogP contribution in [0.25, 0.3) is 11.3 Å². The first-order valence-electron chi connectivity index (χ1n) is 8.98. The van der Waals surface area contributed by atoms with Crippen molar-refractivity contribution in [2.45, 2.75) is 0 Å². The van der Waals surface area contributed by atoms with E-state index in [1.165, 1.54) is 12.4 Å². The first kappa shape index (κ1) is 18.0. The molecule has 2 heterocycles. The minimum absolute atomic E-state index is 0.108. The smallest absolute Gasteiger partial charge is 0.256 e. The molecule has 0 unspecified atom stereocenters. The summed E-state index contributed by atoms with van der Waals surface area (Å²) in [4.78, 5) is 24.9. The fourth-order valence-electron chi connectivity index (χ4n) is 3.26. The summed E-state index contributed by atoms with van der Waals surface area (Å²) in [6.45, 7) is 2.00. The molecule has 28 heavy (non-hydrogen) atoms. The number of piperazine rings is 1. The van der Waals surface area contributed by atoms with E-state index in [-0.39, 0.29) is 5.56 Å². The largest absolute Gasteiger partial charge is 0.353 e. The van der Waals surface area contributed by atoms with Crippen LogP contribution in [0.3, 0.4) is 0 Å². The molecule has 5 nitrogen and oxygen atoms in total. The quantitative estimate of drug-likeness (QED) is 0.699. The lowest BCUT2D eigenvalue weighted by Crippen LogP contribution is -2.49. The Balaban J connectivity index is 1.45. The number of carbonyl (C=O) groups is 1. The van der Waals surface area contributed by atoms with Crippen LogP contribution in [0, 0.1) is 11.6 Å². The molecule has 4 rings (SSSR count). The molecule has 7 heteroatoms. The van der Waals surface area contributed by atoms with Gasteiger partial charge in [0.25, 0.3) is 5.91 Å². The number of carbonyl (C=O) groups excluding carboxylic acids is 1. The van der Waals surface area contributed by atoms with Gasteiger partial charge in [0.2, 0.25) is 0 Å². The molecule has 0 bridgehead atoms. The van der Waals surface area contributed by atoms with Gasteiger partial charge in [0.05, 0.1) is 11.3 Å². The average molecular weight is 380 g/mol. The Morgan fingerprint density at radius 3 is 2.36 bits per heavy atom. The summed E-state index contributed by atoms with van der Waals surface area (Å²) in [5.74, 6) is -1.17. The SMILES string of the molecule is O=C(c1ccc(F)cc1F)N1CCN(c2cc(-c3ccccc3)ncn2)CC1. The second-order valence-corrected chi connectivity index (χ2v) is 6.53. The number of aromatic nitrogens is 2. The first-order valence-corrected chi connectivity index (χ1v) is 8.98. The fourth-order valence-corrected chi connectivity index (χ4v) is 3.26. The molecule has 1 aliphatic rings. The maximum atomic E-state index is 13.9. The molecule has 3 aromatic rings. The molecule has 1 fully saturated rings. The maximum Gasteiger partial charge on any atom is 0.256 e. The van der Waals surface area contributed by atoms with Crippen molar-refractivity contribution in [1.29, 1.82) is 0 Å². The van der Waals surface area contributed by atoms with Gasteiger partial charge in [0.15, 0.2) is 0 Å². The van der Waals surface area contributed by atoms with Crippen molar-refractivity contribution in [2.75, 3.05) is 31.1 Å².